The van der Waals surface area contributed by atoms with E-state index in [0.29, 0.717) is 0 Å². The Morgan fingerprint density at radius 2 is 1.67 bits per heavy atom. The van der Waals surface area contributed by atoms with E-state index < -0.39 is 39.0 Å². The Labute approximate surface area is 154 Å². The van der Waals surface area contributed by atoms with Gasteiger partial charge in [0.15, 0.2) is 0 Å². The third-order valence-electron chi connectivity index (χ3n) is 3.36. The van der Waals surface area contributed by atoms with E-state index in [0.717, 1.165) is 30.3 Å². The number of sulfonamides is 1. The fourth-order valence-corrected chi connectivity index (χ4v) is 3.27. The highest BCUT2D eigenvalue weighted by molar-refractivity contribution is 7.89. The summed E-state index contributed by atoms with van der Waals surface area (Å²) >= 11 is 0. The first-order valence-electron chi connectivity index (χ1n) is 7.81. The summed E-state index contributed by atoms with van der Waals surface area (Å²) in [5.74, 6) is -3.08. The van der Waals surface area contributed by atoms with Gasteiger partial charge in [0.25, 0.3) is 5.91 Å². The van der Waals surface area contributed by atoms with E-state index in [4.69, 9.17) is 0 Å². The molecule has 3 N–H and O–H groups in total. The summed E-state index contributed by atoms with van der Waals surface area (Å²) < 4.78 is 53.9. The minimum absolute atomic E-state index is 0.0875. The third kappa shape index (κ3) is 5.08. The SMILES string of the molecule is CCNS(=O)(=O)c1ccc(F)c(C(=O)Nc2ccc(F)c(NC(C)=O)c2)c1. The molecule has 10 heteroatoms. The number of nitrogens with one attached hydrogen (secondary N) is 3. The number of hydrogen-bond donors (Lipinski definition) is 3. The quantitative estimate of drug-likeness (QED) is 0.696. The lowest BCUT2D eigenvalue weighted by molar-refractivity contribution is -0.114. The van der Waals surface area contributed by atoms with Crippen molar-refractivity contribution in [2.24, 2.45) is 0 Å². The van der Waals surface area contributed by atoms with Crippen LogP contribution in [0.1, 0.15) is 24.2 Å². The lowest BCUT2D eigenvalue weighted by Gasteiger charge is -2.11. The summed E-state index contributed by atoms with van der Waals surface area (Å²) in [6.07, 6.45) is 0. The highest BCUT2D eigenvalue weighted by atomic mass is 32.2. The largest absolute Gasteiger partial charge is 0.324 e. The van der Waals surface area contributed by atoms with E-state index >= 15 is 0 Å². The summed E-state index contributed by atoms with van der Waals surface area (Å²) in [5.41, 5.74) is -0.576. The van der Waals surface area contributed by atoms with Crippen molar-refractivity contribution < 1.29 is 26.8 Å². The summed E-state index contributed by atoms with van der Waals surface area (Å²) in [6, 6.07) is 6.20. The molecule has 0 saturated carbocycles. The van der Waals surface area contributed by atoms with Crippen molar-refractivity contribution in [1.82, 2.24) is 4.72 Å². The van der Waals surface area contributed by atoms with Crippen molar-refractivity contribution in [1.29, 1.82) is 0 Å². The van der Waals surface area contributed by atoms with Crippen molar-refractivity contribution >= 4 is 33.2 Å². The smallest absolute Gasteiger partial charge is 0.258 e. The predicted molar refractivity (Wildman–Crippen MR) is 95.9 cm³/mol. The molecule has 2 aromatic rings. The van der Waals surface area contributed by atoms with Gasteiger partial charge in [0.1, 0.15) is 11.6 Å². The monoisotopic (exact) mass is 397 g/mol. The average molecular weight is 397 g/mol. The number of rotatable bonds is 6. The molecular weight excluding hydrogens is 380 g/mol. The Kier molecular flexibility index (Phi) is 6.24. The number of benzene rings is 2. The van der Waals surface area contributed by atoms with E-state index in [2.05, 4.69) is 15.4 Å². The lowest BCUT2D eigenvalue weighted by atomic mass is 10.2. The van der Waals surface area contributed by atoms with Crippen LogP contribution in [0.5, 0.6) is 0 Å². The Balaban J connectivity index is 2.32. The molecule has 0 aromatic heterocycles. The molecule has 2 rings (SSSR count). The fraction of sp³-hybridized carbons (Fsp3) is 0.176. The first kappa shape index (κ1) is 20.5. The van der Waals surface area contributed by atoms with Gasteiger partial charge >= 0.3 is 0 Å². The van der Waals surface area contributed by atoms with Crippen LogP contribution in [-0.4, -0.2) is 26.8 Å². The molecule has 2 amide bonds. The summed E-state index contributed by atoms with van der Waals surface area (Å²) in [4.78, 5) is 23.1. The van der Waals surface area contributed by atoms with Gasteiger partial charge in [-0.2, -0.15) is 0 Å². The van der Waals surface area contributed by atoms with Crippen LogP contribution in [0.25, 0.3) is 0 Å². The molecule has 7 nitrogen and oxygen atoms in total. The molecule has 0 aliphatic heterocycles. The van der Waals surface area contributed by atoms with Crippen LogP contribution in [0.2, 0.25) is 0 Å². The molecule has 0 aliphatic carbocycles. The van der Waals surface area contributed by atoms with Crippen LogP contribution >= 0.6 is 0 Å². The van der Waals surface area contributed by atoms with E-state index in [1.165, 1.54) is 13.0 Å². The zero-order valence-corrected chi connectivity index (χ0v) is 15.3. The van der Waals surface area contributed by atoms with Crippen LogP contribution in [0.15, 0.2) is 41.3 Å². The van der Waals surface area contributed by atoms with E-state index in [-0.39, 0.29) is 22.8 Å². The van der Waals surface area contributed by atoms with Crippen LogP contribution in [0, 0.1) is 11.6 Å². The highest BCUT2D eigenvalue weighted by Crippen LogP contribution is 2.21. The van der Waals surface area contributed by atoms with Crippen molar-refractivity contribution in [3.63, 3.8) is 0 Å². The normalized spacial score (nSPS) is 11.1. The van der Waals surface area contributed by atoms with Crippen molar-refractivity contribution in [2.75, 3.05) is 17.2 Å². The van der Waals surface area contributed by atoms with Gasteiger partial charge in [-0.3, -0.25) is 9.59 Å². The molecule has 0 aliphatic rings. The van der Waals surface area contributed by atoms with Crippen LogP contribution in [-0.2, 0) is 14.8 Å². The maximum Gasteiger partial charge on any atom is 0.258 e. The predicted octanol–water partition coefficient (Wildman–Crippen LogP) is 2.47. The van der Waals surface area contributed by atoms with E-state index in [9.17, 15) is 26.8 Å². The molecule has 0 radical (unpaired) electrons. The Morgan fingerprint density at radius 1 is 1.00 bits per heavy atom. The molecule has 27 heavy (non-hydrogen) atoms. The van der Waals surface area contributed by atoms with Crippen molar-refractivity contribution in [3.8, 4) is 0 Å². The minimum atomic E-state index is -3.88. The van der Waals surface area contributed by atoms with Crippen LogP contribution in [0.4, 0.5) is 20.2 Å². The molecule has 0 heterocycles. The number of carbonyl (C=O) groups excluding carboxylic acids is 2. The Hall–Kier alpha value is -2.85. The second-order valence-corrected chi connectivity index (χ2v) is 7.24. The lowest BCUT2D eigenvalue weighted by Crippen LogP contribution is -2.24. The molecule has 0 atom stereocenters. The third-order valence-corrected chi connectivity index (χ3v) is 4.91. The van der Waals surface area contributed by atoms with Gasteiger partial charge in [-0.25, -0.2) is 21.9 Å². The second-order valence-electron chi connectivity index (χ2n) is 5.47. The average Bonchev–Trinajstić information content (AvgIpc) is 2.57. The molecule has 0 unspecified atom stereocenters. The van der Waals surface area contributed by atoms with Gasteiger partial charge in [-0.05, 0) is 36.4 Å². The number of carbonyl (C=O) groups is 2. The van der Waals surface area contributed by atoms with Crippen molar-refractivity contribution in [2.45, 2.75) is 18.7 Å². The number of amides is 2. The molecule has 0 spiro atoms. The number of anilines is 2. The maximum atomic E-state index is 14.0. The molecular formula is C17H17F2N3O4S. The van der Waals surface area contributed by atoms with Gasteiger partial charge < -0.3 is 10.6 Å². The standard InChI is InChI=1S/C17H17F2N3O4S/c1-3-20-27(25,26)12-5-7-14(18)13(9-12)17(24)22-11-4-6-15(19)16(8-11)21-10(2)23/h4-9,20H,3H2,1-2H3,(H,21,23)(H,22,24). The molecule has 0 saturated heterocycles. The van der Waals surface area contributed by atoms with Crippen molar-refractivity contribution in [3.05, 3.63) is 53.6 Å². The first-order valence-corrected chi connectivity index (χ1v) is 9.30. The minimum Gasteiger partial charge on any atom is -0.324 e. The number of halogens is 2. The molecule has 0 bridgehead atoms. The Bertz CT molecular complexity index is 994. The summed E-state index contributed by atoms with van der Waals surface area (Å²) in [6.45, 7) is 2.90. The molecule has 2 aromatic carbocycles. The molecule has 144 valence electrons. The zero-order valence-electron chi connectivity index (χ0n) is 14.5. The van der Waals surface area contributed by atoms with Gasteiger partial charge in [0, 0.05) is 19.2 Å². The van der Waals surface area contributed by atoms with Gasteiger partial charge in [0.05, 0.1) is 16.1 Å². The fourth-order valence-electron chi connectivity index (χ4n) is 2.21. The Morgan fingerprint density at radius 3 is 2.30 bits per heavy atom. The summed E-state index contributed by atoms with van der Waals surface area (Å²) in [5, 5.41) is 4.59. The van der Waals surface area contributed by atoms with Crippen LogP contribution in [0.3, 0.4) is 0 Å². The first-order chi connectivity index (χ1) is 12.6. The topological polar surface area (TPSA) is 104 Å². The van der Waals surface area contributed by atoms with Gasteiger partial charge in [-0.1, -0.05) is 6.92 Å². The van der Waals surface area contributed by atoms with E-state index in [1.807, 2.05) is 0 Å². The molecule has 0 fully saturated rings. The zero-order chi connectivity index (χ0) is 20.2. The number of hydrogen-bond acceptors (Lipinski definition) is 4. The summed E-state index contributed by atoms with van der Waals surface area (Å²) in [7, 11) is -3.88. The van der Waals surface area contributed by atoms with Gasteiger partial charge in [-0.15, -0.1) is 0 Å². The second kappa shape index (κ2) is 8.23. The van der Waals surface area contributed by atoms with Gasteiger partial charge in [0.2, 0.25) is 15.9 Å². The highest BCUT2D eigenvalue weighted by Gasteiger charge is 2.19. The van der Waals surface area contributed by atoms with E-state index in [1.54, 1.807) is 6.92 Å². The van der Waals surface area contributed by atoms with Crippen LogP contribution < -0.4 is 15.4 Å². The maximum absolute atomic E-state index is 14.0.